The number of hydrogen-bond acceptors (Lipinski definition) is 4. The lowest BCUT2D eigenvalue weighted by Gasteiger charge is -2.13. The van der Waals surface area contributed by atoms with Gasteiger partial charge in [-0.05, 0) is 30.5 Å². The van der Waals surface area contributed by atoms with Crippen LogP contribution in [0.15, 0.2) is 33.9 Å². The molecule has 3 nitrogen and oxygen atoms in total. The minimum absolute atomic E-state index is 0.156. The van der Waals surface area contributed by atoms with Crippen molar-refractivity contribution in [3.05, 3.63) is 39.7 Å². The summed E-state index contributed by atoms with van der Waals surface area (Å²) in [6.07, 6.45) is 0. The van der Waals surface area contributed by atoms with Crippen LogP contribution in [-0.4, -0.2) is 11.2 Å². The highest BCUT2D eigenvalue weighted by Gasteiger charge is 2.18. The van der Waals surface area contributed by atoms with Gasteiger partial charge in [-0.25, -0.2) is 0 Å². The van der Waals surface area contributed by atoms with Gasteiger partial charge in [0.1, 0.15) is 0 Å². The largest absolute Gasteiger partial charge is 0.399 e. The maximum Gasteiger partial charge on any atom is 0.237 e. The molecule has 0 spiro atoms. The Kier molecular flexibility index (Phi) is 5.21. The van der Waals surface area contributed by atoms with E-state index in [1.54, 1.807) is 23.5 Å². The number of rotatable bonds is 4. The van der Waals surface area contributed by atoms with Crippen molar-refractivity contribution in [2.45, 2.75) is 16.4 Å². The molecular weight excluding hydrogens is 335 g/mol. The average molecular weight is 347 g/mol. The molecule has 1 unspecified atom stereocenters. The molecule has 0 saturated heterocycles. The molecule has 2 rings (SSSR count). The van der Waals surface area contributed by atoms with Gasteiger partial charge in [-0.2, -0.15) is 0 Å². The summed E-state index contributed by atoms with van der Waals surface area (Å²) in [7, 11) is 0. The average Bonchev–Trinajstić information content (AvgIpc) is 2.86. The fraction of sp³-hybridized carbons (Fsp3) is 0.154. The fourth-order valence-corrected chi connectivity index (χ4v) is 4.04. The molecular formula is C13H12Cl2N2OS2. The standard InChI is InChI=1S/C13H12Cl2N2OS2/c1-7(20-11-3-2-4-19-11)13(18)17-12-9(14)5-8(16)6-10(12)15/h2-7H,16H2,1H3,(H,17,18). The van der Waals surface area contributed by atoms with Crippen LogP contribution in [0.5, 0.6) is 0 Å². The number of carbonyl (C=O) groups excluding carboxylic acids is 1. The zero-order valence-corrected chi connectivity index (χ0v) is 13.7. The highest BCUT2D eigenvalue weighted by atomic mass is 35.5. The van der Waals surface area contributed by atoms with Gasteiger partial charge in [0.25, 0.3) is 0 Å². The summed E-state index contributed by atoms with van der Waals surface area (Å²) in [5, 5.41) is 5.13. The van der Waals surface area contributed by atoms with Crippen LogP contribution in [-0.2, 0) is 4.79 Å². The van der Waals surface area contributed by atoms with Crippen molar-refractivity contribution in [3.8, 4) is 0 Å². The first kappa shape index (κ1) is 15.5. The predicted octanol–water partition coefficient (Wildman–Crippen LogP) is 4.76. The molecule has 1 aromatic heterocycles. The van der Waals surface area contributed by atoms with Gasteiger partial charge in [-0.15, -0.1) is 23.1 Å². The zero-order chi connectivity index (χ0) is 14.7. The van der Waals surface area contributed by atoms with Gasteiger partial charge < -0.3 is 11.1 Å². The quantitative estimate of drug-likeness (QED) is 0.619. The highest BCUT2D eigenvalue weighted by Crippen LogP contribution is 2.34. The Labute approximate surface area is 135 Å². The van der Waals surface area contributed by atoms with Gasteiger partial charge in [0.2, 0.25) is 5.91 Å². The second-order valence-electron chi connectivity index (χ2n) is 4.04. The van der Waals surface area contributed by atoms with Crippen molar-refractivity contribution in [1.82, 2.24) is 0 Å². The van der Waals surface area contributed by atoms with Gasteiger partial charge in [0, 0.05) is 5.69 Å². The molecule has 20 heavy (non-hydrogen) atoms. The van der Waals surface area contributed by atoms with Crippen LogP contribution >= 0.6 is 46.3 Å². The third-order valence-electron chi connectivity index (χ3n) is 2.47. The summed E-state index contributed by atoms with van der Waals surface area (Å²) in [5.74, 6) is -0.156. The number of nitrogens with two attached hydrogens (primary N) is 1. The molecule has 106 valence electrons. The molecule has 1 amide bonds. The lowest BCUT2D eigenvalue weighted by atomic mass is 10.2. The van der Waals surface area contributed by atoms with Crippen LogP contribution < -0.4 is 11.1 Å². The second kappa shape index (κ2) is 6.72. The molecule has 3 N–H and O–H groups in total. The molecule has 0 fully saturated rings. The Morgan fingerprint density at radius 3 is 2.60 bits per heavy atom. The van der Waals surface area contributed by atoms with E-state index < -0.39 is 0 Å². The number of thioether (sulfide) groups is 1. The van der Waals surface area contributed by atoms with E-state index in [0.29, 0.717) is 21.4 Å². The Morgan fingerprint density at radius 2 is 2.05 bits per heavy atom. The number of carbonyl (C=O) groups is 1. The molecule has 1 atom stereocenters. The van der Waals surface area contributed by atoms with Crippen molar-refractivity contribution >= 4 is 63.6 Å². The van der Waals surface area contributed by atoms with E-state index in [9.17, 15) is 4.79 Å². The van der Waals surface area contributed by atoms with E-state index in [2.05, 4.69) is 5.32 Å². The molecule has 0 aliphatic heterocycles. The van der Waals surface area contributed by atoms with Gasteiger partial charge in [-0.3, -0.25) is 4.79 Å². The summed E-state index contributed by atoms with van der Waals surface area (Å²) >= 11 is 15.2. The highest BCUT2D eigenvalue weighted by molar-refractivity contribution is 8.02. The Morgan fingerprint density at radius 1 is 1.40 bits per heavy atom. The number of nitrogen functional groups attached to an aromatic ring is 1. The maximum atomic E-state index is 12.2. The molecule has 0 aliphatic carbocycles. The topological polar surface area (TPSA) is 55.1 Å². The normalized spacial score (nSPS) is 12.2. The minimum Gasteiger partial charge on any atom is -0.399 e. The monoisotopic (exact) mass is 346 g/mol. The van der Waals surface area contributed by atoms with Gasteiger partial charge in [0.15, 0.2) is 0 Å². The van der Waals surface area contributed by atoms with Crippen LogP contribution in [0, 0.1) is 0 Å². The van der Waals surface area contributed by atoms with E-state index in [1.807, 2.05) is 24.4 Å². The number of benzene rings is 1. The molecule has 0 aliphatic rings. The number of halogens is 2. The Balaban J connectivity index is 2.08. The van der Waals surface area contributed by atoms with Crippen molar-refractivity contribution < 1.29 is 4.79 Å². The van der Waals surface area contributed by atoms with Gasteiger partial charge in [-0.1, -0.05) is 29.3 Å². The second-order valence-corrected chi connectivity index (χ2v) is 7.44. The number of nitrogens with one attached hydrogen (secondary N) is 1. The summed E-state index contributed by atoms with van der Waals surface area (Å²) in [6.45, 7) is 1.83. The summed E-state index contributed by atoms with van der Waals surface area (Å²) in [4.78, 5) is 12.2. The third kappa shape index (κ3) is 3.82. The first-order chi connectivity index (χ1) is 9.47. The first-order valence-corrected chi connectivity index (χ1v) is 8.24. The van der Waals surface area contributed by atoms with Crippen LogP contribution in [0.3, 0.4) is 0 Å². The molecule has 0 saturated carbocycles. The van der Waals surface area contributed by atoms with E-state index in [4.69, 9.17) is 28.9 Å². The van der Waals surface area contributed by atoms with Crippen molar-refractivity contribution in [3.63, 3.8) is 0 Å². The molecule has 0 bridgehead atoms. The lowest BCUT2D eigenvalue weighted by molar-refractivity contribution is -0.115. The minimum atomic E-state index is -0.252. The van der Waals surface area contributed by atoms with Crippen LogP contribution in [0.1, 0.15) is 6.92 Å². The van der Waals surface area contributed by atoms with Crippen molar-refractivity contribution in [2.24, 2.45) is 0 Å². The summed E-state index contributed by atoms with van der Waals surface area (Å²) < 4.78 is 1.09. The van der Waals surface area contributed by atoms with Crippen LogP contribution in [0.2, 0.25) is 10.0 Å². The molecule has 1 aromatic carbocycles. The first-order valence-electron chi connectivity index (χ1n) is 5.73. The van der Waals surface area contributed by atoms with E-state index in [0.717, 1.165) is 4.21 Å². The summed E-state index contributed by atoms with van der Waals surface area (Å²) in [5.41, 5.74) is 6.48. The van der Waals surface area contributed by atoms with Crippen LogP contribution in [0.4, 0.5) is 11.4 Å². The number of amides is 1. The molecule has 7 heteroatoms. The summed E-state index contributed by atoms with van der Waals surface area (Å²) in [6, 6.07) is 7.04. The number of hydrogen-bond donors (Lipinski definition) is 2. The zero-order valence-electron chi connectivity index (χ0n) is 10.5. The molecule has 1 heterocycles. The Hall–Kier alpha value is -0.880. The van der Waals surface area contributed by atoms with Gasteiger partial charge in [0.05, 0.1) is 25.2 Å². The van der Waals surface area contributed by atoms with E-state index in [-0.39, 0.29) is 11.2 Å². The molecule has 0 radical (unpaired) electrons. The predicted molar refractivity (Wildman–Crippen MR) is 89.1 cm³/mol. The number of thiophene rings is 1. The maximum absolute atomic E-state index is 12.2. The number of anilines is 2. The smallest absolute Gasteiger partial charge is 0.237 e. The van der Waals surface area contributed by atoms with E-state index >= 15 is 0 Å². The Bertz CT molecular complexity index is 594. The lowest BCUT2D eigenvalue weighted by Crippen LogP contribution is -2.22. The third-order valence-corrected chi connectivity index (χ3v) is 5.24. The van der Waals surface area contributed by atoms with Crippen LogP contribution in [0.25, 0.3) is 0 Å². The van der Waals surface area contributed by atoms with Crippen molar-refractivity contribution in [2.75, 3.05) is 11.1 Å². The van der Waals surface area contributed by atoms with E-state index in [1.165, 1.54) is 11.8 Å². The van der Waals surface area contributed by atoms with Gasteiger partial charge >= 0.3 is 0 Å². The fourth-order valence-electron chi connectivity index (χ4n) is 1.50. The van der Waals surface area contributed by atoms with Crippen molar-refractivity contribution in [1.29, 1.82) is 0 Å². The SMILES string of the molecule is CC(Sc1cccs1)C(=O)Nc1c(Cl)cc(N)cc1Cl. The molecule has 2 aromatic rings.